The largest absolute Gasteiger partial charge is 0.380 e. The second-order valence-corrected chi connectivity index (χ2v) is 7.88. The van der Waals surface area contributed by atoms with Gasteiger partial charge in [-0.15, -0.1) is 0 Å². The molecule has 154 valence electrons. The maximum atomic E-state index is 11.9. The van der Waals surface area contributed by atoms with Crippen molar-refractivity contribution in [1.29, 1.82) is 0 Å². The van der Waals surface area contributed by atoms with Crippen LogP contribution in [0, 0.1) is 0 Å². The molecule has 8 nitrogen and oxygen atoms in total. The molecule has 1 aliphatic carbocycles. The molecule has 1 saturated heterocycles. The van der Waals surface area contributed by atoms with Crippen LogP contribution in [0.5, 0.6) is 0 Å². The van der Waals surface area contributed by atoms with Crippen molar-refractivity contribution in [3.05, 3.63) is 71.0 Å². The van der Waals surface area contributed by atoms with Gasteiger partial charge in [0, 0.05) is 42.7 Å². The topological polar surface area (TPSA) is 94.0 Å². The lowest BCUT2D eigenvalue weighted by atomic mass is 10.0. The van der Waals surface area contributed by atoms with E-state index in [-0.39, 0.29) is 5.56 Å². The maximum Gasteiger partial charge on any atom is 0.255 e. The van der Waals surface area contributed by atoms with Gasteiger partial charge < -0.3 is 15.4 Å². The number of anilines is 2. The molecule has 3 aromatic rings. The van der Waals surface area contributed by atoms with Crippen LogP contribution in [-0.4, -0.2) is 44.8 Å². The average molecular weight is 404 g/mol. The summed E-state index contributed by atoms with van der Waals surface area (Å²) in [5, 5.41) is 6.94. The summed E-state index contributed by atoms with van der Waals surface area (Å²) in [6, 6.07) is 9.60. The van der Waals surface area contributed by atoms with Gasteiger partial charge in [0.15, 0.2) is 0 Å². The van der Waals surface area contributed by atoms with E-state index in [1.807, 2.05) is 30.6 Å². The van der Waals surface area contributed by atoms with Crippen molar-refractivity contribution in [3.8, 4) is 5.69 Å². The molecule has 1 saturated carbocycles. The number of pyridine rings is 2. The Morgan fingerprint density at radius 3 is 2.40 bits per heavy atom. The van der Waals surface area contributed by atoms with Crippen molar-refractivity contribution < 1.29 is 4.74 Å². The average Bonchev–Trinajstić information content (AvgIpc) is 3.16. The Kier molecular flexibility index (Phi) is 5.15. The molecule has 3 aromatic heterocycles. The maximum absolute atomic E-state index is 11.9. The van der Waals surface area contributed by atoms with Gasteiger partial charge in [0.1, 0.15) is 5.82 Å². The van der Waals surface area contributed by atoms with Gasteiger partial charge in [0.05, 0.1) is 25.1 Å². The molecule has 2 N–H and O–H groups in total. The molecule has 8 heteroatoms. The van der Waals surface area contributed by atoms with Gasteiger partial charge in [0.2, 0.25) is 5.95 Å². The lowest BCUT2D eigenvalue weighted by molar-refractivity contribution is 0.00816. The predicted molar refractivity (Wildman–Crippen MR) is 114 cm³/mol. The molecule has 5 rings (SSSR count). The van der Waals surface area contributed by atoms with Crippen LogP contribution in [0.4, 0.5) is 11.8 Å². The third kappa shape index (κ3) is 4.04. The summed E-state index contributed by atoms with van der Waals surface area (Å²) in [5.41, 5.74) is 1.83. The van der Waals surface area contributed by atoms with Crippen LogP contribution in [0.25, 0.3) is 5.69 Å². The fourth-order valence-electron chi connectivity index (χ4n) is 3.94. The zero-order valence-electron chi connectivity index (χ0n) is 16.6. The van der Waals surface area contributed by atoms with Gasteiger partial charge in [-0.05, 0) is 43.0 Å². The van der Waals surface area contributed by atoms with Gasteiger partial charge in [-0.2, -0.15) is 0 Å². The van der Waals surface area contributed by atoms with Crippen LogP contribution in [0.3, 0.4) is 0 Å². The molecule has 1 aliphatic heterocycles. The molecule has 0 radical (unpaired) electrons. The first-order valence-corrected chi connectivity index (χ1v) is 10.3. The molecule has 0 unspecified atom stereocenters. The number of aromatic nitrogens is 4. The second kappa shape index (κ2) is 8.23. The minimum atomic E-state index is -0.0685. The Hall–Kier alpha value is -3.26. The lowest BCUT2D eigenvalue weighted by Gasteiger charge is -2.25. The summed E-state index contributed by atoms with van der Waals surface area (Å²) in [5.74, 6) is 1.94. The fourth-order valence-corrected chi connectivity index (χ4v) is 3.94. The number of hydrogen-bond donors (Lipinski definition) is 2. The smallest absolute Gasteiger partial charge is 0.255 e. The molecule has 2 fully saturated rings. The Balaban J connectivity index is 1.15. The third-order valence-electron chi connectivity index (χ3n) is 5.75. The molecule has 30 heavy (non-hydrogen) atoms. The summed E-state index contributed by atoms with van der Waals surface area (Å²) < 4.78 is 6.80. The van der Waals surface area contributed by atoms with E-state index in [1.165, 1.54) is 6.07 Å². The van der Waals surface area contributed by atoms with E-state index in [9.17, 15) is 4.79 Å². The van der Waals surface area contributed by atoms with Crippen molar-refractivity contribution in [1.82, 2.24) is 19.5 Å². The second-order valence-electron chi connectivity index (χ2n) is 7.88. The van der Waals surface area contributed by atoms with Gasteiger partial charge in [-0.1, -0.05) is 6.07 Å². The highest BCUT2D eigenvalue weighted by Gasteiger charge is 2.26. The molecule has 2 atom stereocenters. The van der Waals surface area contributed by atoms with Crippen LogP contribution in [0.15, 0.2) is 59.9 Å². The van der Waals surface area contributed by atoms with Crippen LogP contribution in [0.2, 0.25) is 0 Å². The summed E-state index contributed by atoms with van der Waals surface area (Å²) in [4.78, 5) is 25.3. The van der Waals surface area contributed by atoms with Crippen LogP contribution in [-0.2, 0) is 4.74 Å². The number of nitrogens with one attached hydrogen (secondary N) is 2. The van der Waals surface area contributed by atoms with Gasteiger partial charge in [-0.25, -0.2) is 15.0 Å². The van der Waals surface area contributed by atoms with Crippen molar-refractivity contribution in [2.45, 2.75) is 37.3 Å². The minimum Gasteiger partial charge on any atom is -0.380 e. The van der Waals surface area contributed by atoms with Crippen LogP contribution >= 0.6 is 0 Å². The Labute approximate surface area is 174 Å². The Bertz CT molecular complexity index is 1050. The molecule has 2 aliphatic rings. The molecule has 0 bridgehead atoms. The van der Waals surface area contributed by atoms with E-state index < -0.39 is 0 Å². The normalized spacial score (nSPS) is 21.2. The number of rotatable bonds is 6. The highest BCUT2D eigenvalue weighted by molar-refractivity contribution is 5.42. The molecule has 4 heterocycles. The van der Waals surface area contributed by atoms with Crippen molar-refractivity contribution in [2.24, 2.45) is 0 Å². The first-order chi connectivity index (χ1) is 14.7. The van der Waals surface area contributed by atoms with Gasteiger partial charge >= 0.3 is 0 Å². The monoisotopic (exact) mass is 404 g/mol. The number of nitrogens with zero attached hydrogens (tertiary/aromatic N) is 4. The van der Waals surface area contributed by atoms with Gasteiger partial charge in [0.25, 0.3) is 5.56 Å². The molecular formula is C22H24N6O2. The fraction of sp³-hybridized carbons (Fsp3) is 0.364. The highest BCUT2D eigenvalue weighted by Crippen LogP contribution is 2.26. The Morgan fingerprint density at radius 2 is 1.73 bits per heavy atom. The van der Waals surface area contributed by atoms with Crippen LogP contribution in [0.1, 0.15) is 30.7 Å². The molecule has 0 spiro atoms. The SMILES string of the molecule is O=c1ccccn1-c1ccc(N[C@H]2CC[C@H](Nc3ncc(C4COC4)cn3)C2)nc1. The molecule has 0 amide bonds. The number of ether oxygens (including phenoxy) is 1. The van der Waals surface area contributed by atoms with Crippen LogP contribution < -0.4 is 16.2 Å². The molecular weight excluding hydrogens is 380 g/mol. The zero-order chi connectivity index (χ0) is 20.3. The summed E-state index contributed by atoms with van der Waals surface area (Å²) in [6.07, 6.45) is 10.3. The highest BCUT2D eigenvalue weighted by atomic mass is 16.5. The van der Waals surface area contributed by atoms with Crippen molar-refractivity contribution in [2.75, 3.05) is 23.8 Å². The quantitative estimate of drug-likeness (QED) is 0.652. The zero-order valence-corrected chi connectivity index (χ0v) is 16.6. The first kappa shape index (κ1) is 18.7. The minimum absolute atomic E-state index is 0.0685. The summed E-state index contributed by atoms with van der Waals surface area (Å²) in [7, 11) is 0. The van der Waals surface area contributed by atoms with Crippen molar-refractivity contribution in [3.63, 3.8) is 0 Å². The lowest BCUT2D eigenvalue weighted by Crippen LogP contribution is -2.26. The Morgan fingerprint density at radius 1 is 0.933 bits per heavy atom. The standard InChI is InChI=1S/C22H24N6O2/c29-21-3-1-2-8-28(21)19-6-7-20(23-12-19)26-17-4-5-18(9-17)27-22-24-10-15(11-25-22)16-13-30-14-16/h1-3,6-8,10-12,16-18H,4-5,9,13-14H2,(H,23,26)(H,24,25,27)/t17-,18-/m0/s1. The first-order valence-electron chi connectivity index (χ1n) is 10.3. The molecule has 0 aromatic carbocycles. The van der Waals surface area contributed by atoms with E-state index in [0.29, 0.717) is 23.9 Å². The van der Waals surface area contributed by atoms with Crippen molar-refractivity contribution >= 4 is 11.8 Å². The van der Waals surface area contributed by atoms with E-state index in [1.54, 1.807) is 23.0 Å². The predicted octanol–water partition coefficient (Wildman–Crippen LogP) is 2.58. The number of hydrogen-bond acceptors (Lipinski definition) is 7. The van der Waals surface area contributed by atoms with Gasteiger partial charge in [-0.3, -0.25) is 9.36 Å². The summed E-state index contributed by atoms with van der Waals surface area (Å²) >= 11 is 0. The third-order valence-corrected chi connectivity index (χ3v) is 5.75. The van der Waals surface area contributed by atoms with E-state index in [4.69, 9.17) is 4.74 Å². The van der Waals surface area contributed by atoms with E-state index >= 15 is 0 Å². The van der Waals surface area contributed by atoms with E-state index in [0.717, 1.165) is 49.5 Å². The summed E-state index contributed by atoms with van der Waals surface area (Å²) in [6.45, 7) is 1.53. The van der Waals surface area contributed by atoms with E-state index in [2.05, 4.69) is 25.6 Å².